The summed E-state index contributed by atoms with van der Waals surface area (Å²) in [7, 11) is -4.34. The van der Waals surface area contributed by atoms with Crippen molar-refractivity contribution in [3.05, 3.63) is 90.2 Å². The molecule has 0 fully saturated rings. The number of halogens is 1. The summed E-state index contributed by atoms with van der Waals surface area (Å²) in [6.07, 6.45) is -0.00265. The van der Waals surface area contributed by atoms with Crippen LogP contribution in [0.15, 0.2) is 83.8 Å². The summed E-state index contributed by atoms with van der Waals surface area (Å²) in [6, 6.07) is 18.4. The van der Waals surface area contributed by atoms with Gasteiger partial charge in [-0.2, -0.15) is 4.72 Å². The molecule has 3 aromatic carbocycles. The Hall–Kier alpha value is -3.56. The van der Waals surface area contributed by atoms with E-state index in [-0.39, 0.29) is 18.1 Å². The van der Waals surface area contributed by atoms with Crippen molar-refractivity contribution in [2.24, 2.45) is 0 Å². The van der Waals surface area contributed by atoms with Crippen molar-refractivity contribution in [1.82, 2.24) is 4.72 Å². The Kier molecular flexibility index (Phi) is 7.34. The van der Waals surface area contributed by atoms with Crippen LogP contribution in [0.2, 0.25) is 0 Å². The monoisotopic (exact) mass is 456 g/mol. The Morgan fingerprint density at radius 2 is 1.56 bits per heavy atom. The summed E-state index contributed by atoms with van der Waals surface area (Å²) in [5.74, 6) is -1.88. The molecule has 1 amide bonds. The Morgan fingerprint density at radius 3 is 2.19 bits per heavy atom. The minimum Gasteiger partial charge on any atom is -0.425 e. The number of amides is 1. The van der Waals surface area contributed by atoms with Crippen LogP contribution in [0.4, 0.5) is 10.1 Å². The first-order valence-electron chi connectivity index (χ1n) is 9.65. The molecular weight excluding hydrogens is 435 g/mol. The second-order valence-corrected chi connectivity index (χ2v) is 8.60. The minimum atomic E-state index is -4.34. The van der Waals surface area contributed by atoms with E-state index in [1.807, 2.05) is 0 Å². The molecule has 2 N–H and O–H groups in total. The zero-order valence-electron chi connectivity index (χ0n) is 17.1. The molecule has 0 saturated carbocycles. The van der Waals surface area contributed by atoms with Gasteiger partial charge in [0.15, 0.2) is 0 Å². The highest BCUT2D eigenvalue weighted by Crippen LogP contribution is 2.19. The number of rotatable bonds is 8. The van der Waals surface area contributed by atoms with Crippen molar-refractivity contribution in [3.8, 4) is 5.75 Å². The summed E-state index contributed by atoms with van der Waals surface area (Å²) in [5, 5.41) is 2.59. The zero-order chi connectivity index (χ0) is 23.1. The Morgan fingerprint density at radius 1 is 0.938 bits per heavy atom. The molecule has 166 valence electrons. The number of ether oxygens (including phenoxy) is 1. The first kappa shape index (κ1) is 23.1. The Bertz CT molecular complexity index is 1200. The SMILES string of the molecule is CC(=O)Nc1ccc(OC(=O)[C@H](Cc2ccccc2)NS(=O)(=O)c2ccccc2F)cc1. The minimum absolute atomic E-state index is 0.00265. The first-order chi connectivity index (χ1) is 15.2. The average Bonchev–Trinajstić information content (AvgIpc) is 2.75. The number of carbonyl (C=O) groups is 2. The van der Waals surface area contributed by atoms with Crippen LogP contribution in [0.1, 0.15) is 12.5 Å². The fourth-order valence-corrected chi connectivity index (χ4v) is 4.20. The number of carbonyl (C=O) groups excluding carboxylic acids is 2. The molecule has 3 aromatic rings. The number of esters is 1. The predicted octanol–water partition coefficient (Wildman–Crippen LogP) is 3.28. The van der Waals surface area contributed by atoms with E-state index in [1.54, 1.807) is 42.5 Å². The maximum atomic E-state index is 14.1. The van der Waals surface area contributed by atoms with Crippen molar-refractivity contribution in [2.45, 2.75) is 24.3 Å². The van der Waals surface area contributed by atoms with E-state index >= 15 is 0 Å². The van der Waals surface area contributed by atoms with Crippen LogP contribution < -0.4 is 14.8 Å². The smallest absolute Gasteiger partial charge is 0.329 e. The third-order valence-electron chi connectivity index (χ3n) is 4.38. The molecule has 0 aliphatic heterocycles. The lowest BCUT2D eigenvalue weighted by Gasteiger charge is -2.18. The van der Waals surface area contributed by atoms with Gasteiger partial charge in [-0.3, -0.25) is 4.79 Å². The topological polar surface area (TPSA) is 102 Å². The van der Waals surface area contributed by atoms with Gasteiger partial charge in [0.2, 0.25) is 15.9 Å². The molecule has 0 aromatic heterocycles. The molecular formula is C23H21FN2O5S. The first-order valence-corrected chi connectivity index (χ1v) is 11.1. The van der Waals surface area contributed by atoms with E-state index in [4.69, 9.17) is 4.74 Å². The maximum Gasteiger partial charge on any atom is 0.329 e. The highest BCUT2D eigenvalue weighted by molar-refractivity contribution is 7.89. The van der Waals surface area contributed by atoms with Gasteiger partial charge in [0, 0.05) is 12.6 Å². The van der Waals surface area contributed by atoms with Crippen molar-refractivity contribution >= 4 is 27.6 Å². The summed E-state index contributed by atoms with van der Waals surface area (Å²) < 4.78 is 47.2. The van der Waals surface area contributed by atoms with Crippen LogP contribution in [-0.4, -0.2) is 26.3 Å². The molecule has 3 rings (SSSR count). The van der Waals surface area contributed by atoms with Gasteiger partial charge in [0.25, 0.3) is 0 Å². The maximum absolute atomic E-state index is 14.1. The summed E-state index contributed by atoms with van der Waals surface area (Å²) in [5.41, 5.74) is 1.20. The third-order valence-corrected chi connectivity index (χ3v) is 5.89. The largest absolute Gasteiger partial charge is 0.425 e. The molecule has 0 heterocycles. The van der Waals surface area contributed by atoms with Crippen LogP contribution >= 0.6 is 0 Å². The number of hydrogen-bond donors (Lipinski definition) is 2. The number of anilines is 1. The normalized spacial score (nSPS) is 12.1. The molecule has 0 radical (unpaired) electrons. The second kappa shape index (κ2) is 10.2. The van der Waals surface area contributed by atoms with Crippen molar-refractivity contribution in [2.75, 3.05) is 5.32 Å². The predicted molar refractivity (Wildman–Crippen MR) is 117 cm³/mol. The summed E-state index contributed by atoms with van der Waals surface area (Å²) >= 11 is 0. The molecule has 32 heavy (non-hydrogen) atoms. The van der Waals surface area contributed by atoms with Crippen LogP contribution in [0, 0.1) is 5.82 Å². The molecule has 1 atom stereocenters. The van der Waals surface area contributed by atoms with Gasteiger partial charge in [-0.1, -0.05) is 42.5 Å². The van der Waals surface area contributed by atoms with Gasteiger partial charge in [-0.05, 0) is 48.4 Å². The van der Waals surface area contributed by atoms with E-state index < -0.39 is 32.7 Å². The molecule has 7 nitrogen and oxygen atoms in total. The molecule has 9 heteroatoms. The summed E-state index contributed by atoms with van der Waals surface area (Å²) in [4.78, 5) is 23.4. The lowest BCUT2D eigenvalue weighted by Crippen LogP contribution is -2.44. The van der Waals surface area contributed by atoms with Gasteiger partial charge in [-0.25, -0.2) is 17.6 Å². The van der Waals surface area contributed by atoms with Gasteiger partial charge >= 0.3 is 5.97 Å². The standard InChI is InChI=1S/C23H21FN2O5S/c1-16(27)25-18-11-13-19(14-12-18)31-23(28)21(15-17-7-3-2-4-8-17)26-32(29,30)22-10-6-5-9-20(22)24/h2-14,21,26H,15H2,1H3,(H,25,27)/t21-/m0/s1. The van der Waals surface area contributed by atoms with E-state index in [9.17, 15) is 22.4 Å². The van der Waals surface area contributed by atoms with Gasteiger partial charge < -0.3 is 10.1 Å². The quantitative estimate of drug-likeness (QED) is 0.400. The second-order valence-electron chi connectivity index (χ2n) is 6.92. The van der Waals surface area contributed by atoms with E-state index in [0.717, 1.165) is 12.1 Å². The zero-order valence-corrected chi connectivity index (χ0v) is 17.9. The van der Waals surface area contributed by atoms with Crippen molar-refractivity contribution in [3.63, 3.8) is 0 Å². The average molecular weight is 456 g/mol. The van der Waals surface area contributed by atoms with Gasteiger partial charge in [0.05, 0.1) is 0 Å². The van der Waals surface area contributed by atoms with Crippen LogP contribution in [-0.2, 0) is 26.0 Å². The van der Waals surface area contributed by atoms with E-state index in [1.165, 1.54) is 31.2 Å². The lowest BCUT2D eigenvalue weighted by molar-refractivity contribution is -0.136. The highest BCUT2D eigenvalue weighted by atomic mass is 32.2. The van der Waals surface area contributed by atoms with E-state index in [2.05, 4.69) is 10.0 Å². The third kappa shape index (κ3) is 6.22. The van der Waals surface area contributed by atoms with Gasteiger partial charge in [0.1, 0.15) is 22.5 Å². The molecule has 0 aliphatic rings. The van der Waals surface area contributed by atoms with Crippen molar-refractivity contribution in [1.29, 1.82) is 0 Å². The lowest BCUT2D eigenvalue weighted by atomic mass is 10.1. The number of sulfonamides is 1. The van der Waals surface area contributed by atoms with Crippen LogP contribution in [0.3, 0.4) is 0 Å². The van der Waals surface area contributed by atoms with Gasteiger partial charge in [-0.15, -0.1) is 0 Å². The fourth-order valence-electron chi connectivity index (χ4n) is 2.93. The molecule has 0 aliphatic carbocycles. The van der Waals surface area contributed by atoms with Crippen LogP contribution in [0.25, 0.3) is 0 Å². The van der Waals surface area contributed by atoms with Crippen molar-refractivity contribution < 1.29 is 27.1 Å². The van der Waals surface area contributed by atoms with E-state index in [0.29, 0.717) is 11.3 Å². The Labute approximate surface area is 185 Å². The number of benzene rings is 3. The molecule has 0 spiro atoms. The Balaban J connectivity index is 1.83. The number of hydrogen-bond acceptors (Lipinski definition) is 5. The number of nitrogens with one attached hydrogen (secondary N) is 2. The van der Waals surface area contributed by atoms with Crippen LogP contribution in [0.5, 0.6) is 5.75 Å². The fraction of sp³-hybridized carbons (Fsp3) is 0.130. The highest BCUT2D eigenvalue weighted by Gasteiger charge is 2.29. The summed E-state index contributed by atoms with van der Waals surface area (Å²) in [6.45, 7) is 1.36. The molecule has 0 saturated heterocycles. The molecule has 0 bridgehead atoms. The molecule has 0 unspecified atom stereocenters.